The molecular weight excluding hydrogens is 302 g/mol. The summed E-state index contributed by atoms with van der Waals surface area (Å²) in [5.41, 5.74) is 2.03. The van der Waals surface area contributed by atoms with Gasteiger partial charge in [-0.1, -0.05) is 96.6 Å². The molecule has 1 aromatic carbocycles. The molecule has 0 unspecified atom stereocenters. The minimum absolute atomic E-state index is 0.232. The number of hydrogen-bond donors (Lipinski definition) is 0. The van der Waals surface area contributed by atoms with Crippen LogP contribution in [0, 0.1) is 5.41 Å². The molecule has 144 valence electrons. The van der Waals surface area contributed by atoms with Gasteiger partial charge in [-0.25, -0.2) is 0 Å². The van der Waals surface area contributed by atoms with Crippen LogP contribution in [0.3, 0.4) is 0 Å². The van der Waals surface area contributed by atoms with E-state index in [-0.39, 0.29) is 5.54 Å². The van der Waals surface area contributed by atoms with E-state index in [1.807, 2.05) is 0 Å². The summed E-state index contributed by atoms with van der Waals surface area (Å²) in [6.07, 6.45) is 10.9. The van der Waals surface area contributed by atoms with Gasteiger partial charge in [0.05, 0.1) is 0 Å². The van der Waals surface area contributed by atoms with Crippen molar-refractivity contribution in [2.45, 2.75) is 105 Å². The molecule has 0 amide bonds. The van der Waals surface area contributed by atoms with Gasteiger partial charge in [0, 0.05) is 12.1 Å². The average molecular weight is 346 g/mol. The summed E-state index contributed by atoms with van der Waals surface area (Å²) in [5, 5.41) is 0. The van der Waals surface area contributed by atoms with Crippen LogP contribution in [0.15, 0.2) is 30.3 Å². The fraction of sp³-hybridized carbons (Fsp3) is 0.750. The Labute approximate surface area is 158 Å². The molecule has 1 rings (SSSR count). The van der Waals surface area contributed by atoms with E-state index in [0.717, 1.165) is 6.54 Å². The third-order valence-electron chi connectivity index (χ3n) is 5.07. The van der Waals surface area contributed by atoms with Crippen molar-refractivity contribution >= 4 is 0 Å². The Kier molecular flexibility index (Phi) is 9.79. The first-order valence-electron chi connectivity index (χ1n) is 10.5. The highest BCUT2D eigenvalue weighted by Crippen LogP contribution is 2.32. The van der Waals surface area contributed by atoms with Crippen LogP contribution in [0.25, 0.3) is 0 Å². The molecule has 0 saturated heterocycles. The molecule has 0 fully saturated rings. The molecule has 1 aromatic rings. The van der Waals surface area contributed by atoms with Crippen molar-refractivity contribution in [1.82, 2.24) is 4.90 Å². The van der Waals surface area contributed by atoms with Crippen molar-refractivity contribution < 1.29 is 0 Å². The van der Waals surface area contributed by atoms with Crippen molar-refractivity contribution in [3.8, 4) is 0 Å². The van der Waals surface area contributed by atoms with E-state index in [0.29, 0.717) is 5.41 Å². The van der Waals surface area contributed by atoms with Gasteiger partial charge < -0.3 is 0 Å². The van der Waals surface area contributed by atoms with Crippen LogP contribution in [0.4, 0.5) is 0 Å². The lowest BCUT2D eigenvalue weighted by Crippen LogP contribution is -2.46. The lowest BCUT2D eigenvalue weighted by molar-refractivity contribution is 0.0676. The Morgan fingerprint density at radius 1 is 0.760 bits per heavy atom. The second-order valence-corrected chi connectivity index (χ2v) is 9.58. The highest BCUT2D eigenvalue weighted by atomic mass is 15.2. The first-order chi connectivity index (χ1) is 11.7. The summed E-state index contributed by atoms with van der Waals surface area (Å²) in [4.78, 5) is 2.72. The van der Waals surface area contributed by atoms with Crippen molar-refractivity contribution in [2.75, 3.05) is 6.54 Å². The number of nitrogens with zero attached hydrogens (tertiary/aromatic N) is 1. The Morgan fingerprint density at radius 3 is 1.88 bits per heavy atom. The van der Waals surface area contributed by atoms with Gasteiger partial charge in [-0.3, -0.25) is 4.90 Å². The predicted octanol–water partition coefficient (Wildman–Crippen LogP) is 7.45. The molecule has 0 radical (unpaired) electrons. The normalized spacial score (nSPS) is 12.8. The van der Waals surface area contributed by atoms with E-state index >= 15 is 0 Å². The molecule has 0 bridgehead atoms. The molecule has 0 spiro atoms. The van der Waals surface area contributed by atoms with Gasteiger partial charge in [-0.2, -0.15) is 0 Å². The van der Waals surface area contributed by atoms with Crippen LogP contribution < -0.4 is 0 Å². The van der Waals surface area contributed by atoms with Gasteiger partial charge in [0.1, 0.15) is 0 Å². The van der Waals surface area contributed by atoms with E-state index < -0.39 is 0 Å². The summed E-state index contributed by atoms with van der Waals surface area (Å²) >= 11 is 0. The minimum atomic E-state index is 0.232. The Morgan fingerprint density at radius 2 is 1.32 bits per heavy atom. The Balaban J connectivity index is 2.59. The minimum Gasteiger partial charge on any atom is -0.294 e. The Hall–Kier alpha value is -0.820. The van der Waals surface area contributed by atoms with Gasteiger partial charge in [0.15, 0.2) is 0 Å². The number of unbranched alkanes of at least 4 members (excludes halogenated alkanes) is 6. The molecule has 0 aliphatic heterocycles. The molecule has 1 nitrogen and oxygen atoms in total. The summed E-state index contributed by atoms with van der Waals surface area (Å²) in [7, 11) is 0. The topological polar surface area (TPSA) is 3.24 Å². The van der Waals surface area contributed by atoms with Crippen molar-refractivity contribution in [2.24, 2.45) is 5.41 Å². The SMILES string of the molecule is CCCCCCCCCN(Cc1ccccc1)C(C)(C)CC(C)(C)C. The van der Waals surface area contributed by atoms with E-state index in [1.54, 1.807) is 0 Å². The Bertz CT molecular complexity index is 441. The van der Waals surface area contributed by atoms with Crippen LogP contribution in [-0.2, 0) is 6.54 Å². The van der Waals surface area contributed by atoms with E-state index in [4.69, 9.17) is 0 Å². The second kappa shape index (κ2) is 11.0. The highest BCUT2D eigenvalue weighted by molar-refractivity contribution is 5.15. The molecule has 0 aromatic heterocycles. The average Bonchev–Trinajstić information content (AvgIpc) is 2.51. The van der Waals surface area contributed by atoms with E-state index in [2.05, 4.69) is 76.8 Å². The monoisotopic (exact) mass is 345 g/mol. The fourth-order valence-electron chi connectivity index (χ4n) is 4.07. The lowest BCUT2D eigenvalue weighted by atomic mass is 9.80. The maximum Gasteiger partial charge on any atom is 0.0239 e. The van der Waals surface area contributed by atoms with Gasteiger partial charge in [0.25, 0.3) is 0 Å². The van der Waals surface area contributed by atoms with Crippen LogP contribution in [0.1, 0.15) is 98.5 Å². The third-order valence-corrected chi connectivity index (χ3v) is 5.07. The summed E-state index contributed by atoms with van der Waals surface area (Å²) in [5.74, 6) is 0. The van der Waals surface area contributed by atoms with Gasteiger partial charge >= 0.3 is 0 Å². The predicted molar refractivity (Wildman–Crippen MR) is 113 cm³/mol. The third kappa shape index (κ3) is 10.0. The van der Waals surface area contributed by atoms with Crippen molar-refractivity contribution in [1.29, 1.82) is 0 Å². The van der Waals surface area contributed by atoms with Gasteiger partial charge in [0.2, 0.25) is 0 Å². The van der Waals surface area contributed by atoms with E-state index in [9.17, 15) is 0 Å². The second-order valence-electron chi connectivity index (χ2n) is 9.58. The number of rotatable bonds is 12. The van der Waals surface area contributed by atoms with E-state index in [1.165, 1.54) is 63.5 Å². The molecule has 0 heterocycles. The summed E-state index contributed by atoms with van der Waals surface area (Å²) in [6.45, 7) is 16.5. The number of benzene rings is 1. The first-order valence-corrected chi connectivity index (χ1v) is 10.5. The molecular formula is C24H43N. The van der Waals surface area contributed by atoms with Crippen LogP contribution in [-0.4, -0.2) is 17.0 Å². The summed E-state index contributed by atoms with van der Waals surface area (Å²) < 4.78 is 0. The molecule has 0 saturated carbocycles. The van der Waals surface area contributed by atoms with Crippen LogP contribution >= 0.6 is 0 Å². The quantitative estimate of drug-likeness (QED) is 0.355. The molecule has 0 N–H and O–H groups in total. The van der Waals surface area contributed by atoms with Crippen molar-refractivity contribution in [3.05, 3.63) is 35.9 Å². The molecule has 0 aliphatic rings. The molecule has 0 atom stereocenters. The zero-order valence-electron chi connectivity index (χ0n) is 17.9. The first kappa shape index (κ1) is 22.2. The van der Waals surface area contributed by atoms with Crippen LogP contribution in [0.2, 0.25) is 0 Å². The molecule has 25 heavy (non-hydrogen) atoms. The van der Waals surface area contributed by atoms with Crippen LogP contribution in [0.5, 0.6) is 0 Å². The lowest BCUT2D eigenvalue weighted by Gasteiger charge is -2.42. The number of hydrogen-bond acceptors (Lipinski definition) is 1. The fourth-order valence-corrected chi connectivity index (χ4v) is 4.07. The van der Waals surface area contributed by atoms with Crippen molar-refractivity contribution in [3.63, 3.8) is 0 Å². The zero-order valence-corrected chi connectivity index (χ0v) is 17.9. The molecule has 1 heteroatoms. The standard InChI is InChI=1S/C24H43N/c1-7-8-9-10-11-12-16-19-25(20-22-17-14-13-15-18-22)24(5,6)21-23(2,3)4/h13-15,17-18H,7-12,16,19-21H2,1-6H3. The largest absolute Gasteiger partial charge is 0.294 e. The maximum atomic E-state index is 2.72. The maximum absolute atomic E-state index is 2.72. The highest BCUT2D eigenvalue weighted by Gasteiger charge is 2.31. The molecule has 0 aliphatic carbocycles. The smallest absolute Gasteiger partial charge is 0.0239 e. The van der Waals surface area contributed by atoms with Gasteiger partial charge in [-0.15, -0.1) is 0 Å². The zero-order chi connectivity index (χ0) is 18.8. The van der Waals surface area contributed by atoms with Gasteiger partial charge in [-0.05, 0) is 44.2 Å². The summed E-state index contributed by atoms with van der Waals surface area (Å²) in [6, 6.07) is 11.0.